The first-order chi connectivity index (χ1) is 10.9. The van der Waals surface area contributed by atoms with E-state index in [4.69, 9.17) is 17.0 Å². The van der Waals surface area contributed by atoms with E-state index in [0.717, 1.165) is 15.8 Å². The SMILES string of the molecule is CCN(CC)C(=O)[C@H]1[C@@H]2NC(=S)N[C@@]1(C)Oc1ccc(Br)cc12. The van der Waals surface area contributed by atoms with Crippen LogP contribution in [0.1, 0.15) is 32.4 Å². The second-order valence-corrected chi connectivity index (χ2v) is 7.28. The highest BCUT2D eigenvalue weighted by Crippen LogP contribution is 2.46. The van der Waals surface area contributed by atoms with Crippen molar-refractivity contribution in [3.8, 4) is 5.75 Å². The van der Waals surface area contributed by atoms with Gasteiger partial charge in [0.25, 0.3) is 0 Å². The van der Waals surface area contributed by atoms with Gasteiger partial charge in [-0.1, -0.05) is 15.9 Å². The van der Waals surface area contributed by atoms with E-state index in [1.54, 1.807) is 0 Å². The number of carbonyl (C=O) groups is 1. The van der Waals surface area contributed by atoms with Crippen molar-refractivity contribution in [3.63, 3.8) is 0 Å². The van der Waals surface area contributed by atoms with E-state index in [9.17, 15) is 4.79 Å². The number of carbonyl (C=O) groups excluding carboxylic acids is 1. The molecule has 7 heteroatoms. The second kappa shape index (κ2) is 5.94. The van der Waals surface area contributed by atoms with Gasteiger partial charge in [0.05, 0.1) is 6.04 Å². The predicted octanol–water partition coefficient (Wildman–Crippen LogP) is 2.56. The average Bonchev–Trinajstić information content (AvgIpc) is 2.48. The fraction of sp³-hybridized carbons (Fsp3) is 0.500. The number of nitrogens with zero attached hydrogens (tertiary/aromatic N) is 1. The van der Waals surface area contributed by atoms with Crippen molar-refractivity contribution >= 4 is 39.2 Å². The van der Waals surface area contributed by atoms with Crippen LogP contribution in [0, 0.1) is 5.92 Å². The molecular weight excluding hydrogens is 378 g/mol. The lowest BCUT2D eigenvalue weighted by Crippen LogP contribution is -2.71. The van der Waals surface area contributed by atoms with Gasteiger partial charge in [0, 0.05) is 23.1 Å². The van der Waals surface area contributed by atoms with Crippen LogP contribution in [0.2, 0.25) is 0 Å². The number of hydrogen-bond acceptors (Lipinski definition) is 3. The molecule has 2 bridgehead atoms. The van der Waals surface area contributed by atoms with Gasteiger partial charge in [-0.2, -0.15) is 0 Å². The van der Waals surface area contributed by atoms with Crippen LogP contribution >= 0.6 is 28.1 Å². The number of hydrogen-bond donors (Lipinski definition) is 2. The molecule has 124 valence electrons. The van der Waals surface area contributed by atoms with Crippen molar-refractivity contribution in [1.29, 1.82) is 0 Å². The summed E-state index contributed by atoms with van der Waals surface area (Å²) in [7, 11) is 0. The molecule has 0 saturated carbocycles. The van der Waals surface area contributed by atoms with Gasteiger partial charge in [0.1, 0.15) is 11.7 Å². The lowest BCUT2D eigenvalue weighted by atomic mass is 9.79. The van der Waals surface area contributed by atoms with E-state index in [0.29, 0.717) is 18.2 Å². The third-order valence-corrected chi connectivity index (χ3v) is 5.26. The zero-order valence-electron chi connectivity index (χ0n) is 13.4. The molecule has 1 fully saturated rings. The molecule has 0 aromatic heterocycles. The van der Waals surface area contributed by atoms with Gasteiger partial charge < -0.3 is 20.3 Å². The molecule has 2 N–H and O–H groups in total. The zero-order valence-corrected chi connectivity index (χ0v) is 15.8. The smallest absolute Gasteiger partial charge is 0.234 e. The fourth-order valence-electron chi connectivity index (χ4n) is 3.42. The first-order valence-electron chi connectivity index (χ1n) is 7.75. The number of halogens is 1. The Kier molecular flexibility index (Phi) is 4.27. The third-order valence-electron chi connectivity index (χ3n) is 4.55. The van der Waals surface area contributed by atoms with Gasteiger partial charge in [-0.05, 0) is 51.2 Å². The number of rotatable bonds is 3. The number of nitrogens with one attached hydrogen (secondary N) is 2. The maximum Gasteiger partial charge on any atom is 0.234 e. The van der Waals surface area contributed by atoms with Gasteiger partial charge in [-0.15, -0.1) is 0 Å². The quantitative estimate of drug-likeness (QED) is 0.767. The molecule has 0 aliphatic carbocycles. The molecule has 0 spiro atoms. The van der Waals surface area contributed by atoms with E-state index in [-0.39, 0.29) is 11.9 Å². The standard InChI is InChI=1S/C16H20BrN3O2S/c1-4-20(5-2)14(21)12-13-10-8-9(17)6-7-11(10)22-16(12,3)19-15(23)18-13/h6-8,12-13H,4-5H2,1-3H3,(H2,18,19,23)/t12-,13-,16+/m1/s1. The summed E-state index contributed by atoms with van der Waals surface area (Å²) < 4.78 is 7.13. The maximum atomic E-state index is 13.1. The summed E-state index contributed by atoms with van der Waals surface area (Å²) in [5.74, 6) is 0.443. The van der Waals surface area contributed by atoms with Crippen LogP contribution < -0.4 is 15.4 Å². The largest absolute Gasteiger partial charge is 0.467 e. The van der Waals surface area contributed by atoms with E-state index in [1.807, 2.05) is 43.9 Å². The van der Waals surface area contributed by atoms with Gasteiger partial charge >= 0.3 is 0 Å². The summed E-state index contributed by atoms with van der Waals surface area (Å²) in [5.41, 5.74) is 0.0965. The zero-order chi connectivity index (χ0) is 16.8. The molecule has 5 nitrogen and oxygen atoms in total. The van der Waals surface area contributed by atoms with Gasteiger partial charge in [-0.3, -0.25) is 4.79 Å². The highest BCUT2D eigenvalue weighted by molar-refractivity contribution is 9.10. The van der Waals surface area contributed by atoms with Crippen molar-refractivity contribution in [2.75, 3.05) is 13.1 Å². The lowest BCUT2D eigenvalue weighted by Gasteiger charge is -2.51. The molecule has 23 heavy (non-hydrogen) atoms. The highest BCUT2D eigenvalue weighted by Gasteiger charge is 2.55. The van der Waals surface area contributed by atoms with Gasteiger partial charge in [-0.25, -0.2) is 0 Å². The number of thiocarbonyl (C=S) groups is 1. The molecule has 3 atom stereocenters. The van der Waals surface area contributed by atoms with Gasteiger partial charge in [0.2, 0.25) is 5.91 Å². The number of amides is 1. The highest BCUT2D eigenvalue weighted by atomic mass is 79.9. The second-order valence-electron chi connectivity index (χ2n) is 5.96. The molecule has 3 rings (SSSR count). The molecular formula is C16H20BrN3O2S. The predicted molar refractivity (Wildman–Crippen MR) is 96.2 cm³/mol. The first kappa shape index (κ1) is 16.5. The Hall–Kier alpha value is -1.34. The molecule has 1 aromatic rings. The molecule has 1 saturated heterocycles. The van der Waals surface area contributed by atoms with Crippen molar-refractivity contribution in [3.05, 3.63) is 28.2 Å². The van der Waals surface area contributed by atoms with Crippen molar-refractivity contribution < 1.29 is 9.53 Å². The Balaban J connectivity index is 2.09. The van der Waals surface area contributed by atoms with E-state index in [2.05, 4.69) is 26.6 Å². The summed E-state index contributed by atoms with van der Waals surface area (Å²) >= 11 is 8.81. The summed E-state index contributed by atoms with van der Waals surface area (Å²) in [6, 6.07) is 5.63. The Labute approximate surface area is 149 Å². The van der Waals surface area contributed by atoms with Crippen LogP contribution in [-0.2, 0) is 4.79 Å². The summed E-state index contributed by atoms with van der Waals surface area (Å²) in [6.07, 6.45) is 0. The maximum absolute atomic E-state index is 13.1. The summed E-state index contributed by atoms with van der Waals surface area (Å²) in [6.45, 7) is 7.21. The molecule has 0 radical (unpaired) electrons. The van der Waals surface area contributed by atoms with Crippen LogP contribution in [0.3, 0.4) is 0 Å². The normalized spacial score (nSPS) is 28.1. The first-order valence-corrected chi connectivity index (χ1v) is 8.95. The number of benzene rings is 1. The topological polar surface area (TPSA) is 53.6 Å². The molecule has 1 amide bonds. The Morgan fingerprint density at radius 1 is 1.43 bits per heavy atom. The Morgan fingerprint density at radius 2 is 2.13 bits per heavy atom. The van der Waals surface area contributed by atoms with Crippen molar-refractivity contribution in [1.82, 2.24) is 15.5 Å². The van der Waals surface area contributed by atoms with Crippen molar-refractivity contribution in [2.45, 2.75) is 32.5 Å². The Bertz CT molecular complexity index is 665. The van der Waals surface area contributed by atoms with Crippen molar-refractivity contribution in [2.24, 2.45) is 5.92 Å². The minimum Gasteiger partial charge on any atom is -0.467 e. The fourth-order valence-corrected chi connectivity index (χ4v) is 4.13. The van der Waals surface area contributed by atoms with Crippen LogP contribution in [0.5, 0.6) is 5.75 Å². The molecule has 1 aromatic carbocycles. The molecule has 2 aliphatic rings. The van der Waals surface area contributed by atoms with E-state index >= 15 is 0 Å². The number of fused-ring (bicyclic) bond motifs is 4. The third kappa shape index (κ3) is 2.70. The molecule has 0 unspecified atom stereocenters. The summed E-state index contributed by atoms with van der Waals surface area (Å²) in [4.78, 5) is 14.9. The minimum atomic E-state index is -0.854. The van der Waals surface area contributed by atoms with E-state index < -0.39 is 11.6 Å². The minimum absolute atomic E-state index is 0.0654. The van der Waals surface area contributed by atoms with Crippen LogP contribution in [0.15, 0.2) is 22.7 Å². The van der Waals surface area contributed by atoms with Gasteiger partial charge in [0.15, 0.2) is 10.8 Å². The molecule has 2 aliphatic heterocycles. The average molecular weight is 398 g/mol. The van der Waals surface area contributed by atoms with Crippen LogP contribution in [0.4, 0.5) is 0 Å². The van der Waals surface area contributed by atoms with E-state index in [1.165, 1.54) is 0 Å². The Morgan fingerprint density at radius 3 is 2.78 bits per heavy atom. The molecule has 2 heterocycles. The summed E-state index contributed by atoms with van der Waals surface area (Å²) in [5, 5.41) is 6.92. The monoisotopic (exact) mass is 397 g/mol. The van der Waals surface area contributed by atoms with Crippen LogP contribution in [0.25, 0.3) is 0 Å². The number of ether oxygens (including phenoxy) is 1. The van der Waals surface area contributed by atoms with Crippen LogP contribution in [-0.4, -0.2) is 34.7 Å². The lowest BCUT2D eigenvalue weighted by molar-refractivity contribution is -0.148.